The topological polar surface area (TPSA) is 70.2 Å². The number of benzene rings is 1. The van der Waals surface area contributed by atoms with Gasteiger partial charge in [0.15, 0.2) is 0 Å². The maximum Gasteiger partial charge on any atom is 0.416 e. The highest BCUT2D eigenvalue weighted by molar-refractivity contribution is 5.73. The van der Waals surface area contributed by atoms with E-state index in [0.717, 1.165) is 37.6 Å². The number of amides is 1. The molecule has 1 aliphatic rings. The van der Waals surface area contributed by atoms with E-state index in [1.54, 1.807) is 6.07 Å². The quantitative estimate of drug-likeness (QED) is 0.731. The molecule has 0 aliphatic carbocycles. The molecule has 0 radical (unpaired) electrons. The van der Waals surface area contributed by atoms with E-state index in [1.165, 1.54) is 19.9 Å². The molecule has 6 nitrogen and oxygen atoms in total. The molecule has 0 unspecified atom stereocenters. The van der Waals surface area contributed by atoms with Crippen LogP contribution in [0.3, 0.4) is 0 Å². The number of aromatic nitrogens is 2. The SMILES string of the molecule is CCCc1cc(N2CC[C@H](NC(C)=O)C2)nc(Nc2ccc(C)c(C(F)(F)F)c2)n1. The molecular formula is C21H26F3N5O. The lowest BCUT2D eigenvalue weighted by molar-refractivity contribution is -0.138. The summed E-state index contributed by atoms with van der Waals surface area (Å²) >= 11 is 0. The van der Waals surface area contributed by atoms with Crippen molar-refractivity contribution in [1.29, 1.82) is 0 Å². The number of hydrogen-bond donors (Lipinski definition) is 2. The third kappa shape index (κ3) is 5.40. The van der Waals surface area contributed by atoms with Gasteiger partial charge >= 0.3 is 6.18 Å². The first-order valence-corrected chi connectivity index (χ1v) is 10.0. The summed E-state index contributed by atoms with van der Waals surface area (Å²) in [5.41, 5.74) is 0.576. The fraction of sp³-hybridized carbons (Fsp3) is 0.476. The number of nitrogens with zero attached hydrogens (tertiary/aromatic N) is 3. The lowest BCUT2D eigenvalue weighted by Gasteiger charge is -2.20. The number of halogens is 3. The summed E-state index contributed by atoms with van der Waals surface area (Å²) in [5, 5.41) is 5.85. The minimum Gasteiger partial charge on any atom is -0.354 e. The highest BCUT2D eigenvalue weighted by atomic mass is 19.4. The zero-order chi connectivity index (χ0) is 21.9. The van der Waals surface area contributed by atoms with Gasteiger partial charge in [-0.05, 0) is 37.5 Å². The van der Waals surface area contributed by atoms with Gasteiger partial charge in [0.2, 0.25) is 11.9 Å². The summed E-state index contributed by atoms with van der Waals surface area (Å²) in [6.07, 6.45) is -2.00. The average molecular weight is 421 g/mol. The third-order valence-corrected chi connectivity index (χ3v) is 4.99. The average Bonchev–Trinajstić information content (AvgIpc) is 3.10. The first-order chi connectivity index (χ1) is 14.2. The molecule has 30 heavy (non-hydrogen) atoms. The molecule has 1 aliphatic heterocycles. The minimum absolute atomic E-state index is 0.0509. The van der Waals surface area contributed by atoms with E-state index in [2.05, 4.69) is 25.5 Å². The van der Waals surface area contributed by atoms with Crippen molar-refractivity contribution in [2.24, 2.45) is 0 Å². The van der Waals surface area contributed by atoms with Crippen molar-refractivity contribution >= 4 is 23.4 Å². The Bertz CT molecular complexity index is 916. The van der Waals surface area contributed by atoms with Gasteiger partial charge in [-0.1, -0.05) is 19.4 Å². The van der Waals surface area contributed by atoms with Crippen molar-refractivity contribution in [3.05, 3.63) is 41.1 Å². The van der Waals surface area contributed by atoms with Crippen LogP contribution in [0.2, 0.25) is 0 Å². The van der Waals surface area contributed by atoms with Crippen LogP contribution in [0, 0.1) is 6.92 Å². The number of carbonyl (C=O) groups is 1. The van der Waals surface area contributed by atoms with Crippen LogP contribution < -0.4 is 15.5 Å². The fourth-order valence-electron chi connectivity index (χ4n) is 3.59. The number of aryl methyl sites for hydroxylation is 2. The van der Waals surface area contributed by atoms with Crippen LogP contribution in [0.15, 0.2) is 24.3 Å². The molecule has 3 rings (SSSR count). The van der Waals surface area contributed by atoms with Gasteiger partial charge in [-0.25, -0.2) is 4.98 Å². The molecule has 2 aromatic rings. The highest BCUT2D eigenvalue weighted by Gasteiger charge is 2.32. The molecule has 9 heteroatoms. The second-order valence-corrected chi connectivity index (χ2v) is 7.58. The molecule has 162 valence electrons. The van der Waals surface area contributed by atoms with Crippen LogP contribution >= 0.6 is 0 Å². The molecule has 1 saturated heterocycles. The molecule has 0 saturated carbocycles. The number of alkyl halides is 3. The van der Waals surface area contributed by atoms with Gasteiger partial charge in [0.05, 0.1) is 5.56 Å². The van der Waals surface area contributed by atoms with Crippen LogP contribution in [0.5, 0.6) is 0 Å². The van der Waals surface area contributed by atoms with Gasteiger partial charge in [-0.2, -0.15) is 18.2 Å². The lowest BCUT2D eigenvalue weighted by atomic mass is 10.1. The smallest absolute Gasteiger partial charge is 0.354 e. The van der Waals surface area contributed by atoms with Crippen molar-refractivity contribution in [2.45, 2.75) is 52.3 Å². The first kappa shape index (κ1) is 21.9. The summed E-state index contributed by atoms with van der Waals surface area (Å²) in [4.78, 5) is 22.4. The van der Waals surface area contributed by atoms with Gasteiger partial charge < -0.3 is 15.5 Å². The molecule has 2 N–H and O–H groups in total. The second-order valence-electron chi connectivity index (χ2n) is 7.58. The van der Waals surface area contributed by atoms with E-state index < -0.39 is 11.7 Å². The van der Waals surface area contributed by atoms with Gasteiger partial charge in [0.25, 0.3) is 0 Å². The Balaban J connectivity index is 1.86. The number of nitrogens with one attached hydrogen (secondary N) is 2. The fourth-order valence-corrected chi connectivity index (χ4v) is 3.59. The maximum absolute atomic E-state index is 13.2. The molecule has 1 atom stereocenters. The van der Waals surface area contributed by atoms with E-state index in [0.29, 0.717) is 12.4 Å². The molecule has 1 fully saturated rings. The summed E-state index contributed by atoms with van der Waals surface area (Å²) in [6, 6.07) is 6.05. The molecule has 1 aromatic carbocycles. The summed E-state index contributed by atoms with van der Waals surface area (Å²) in [6.45, 7) is 6.32. The summed E-state index contributed by atoms with van der Waals surface area (Å²) in [5.74, 6) is 0.890. The lowest BCUT2D eigenvalue weighted by Crippen LogP contribution is -2.35. The third-order valence-electron chi connectivity index (χ3n) is 4.99. The minimum atomic E-state index is -4.42. The van der Waals surface area contributed by atoms with Crippen molar-refractivity contribution < 1.29 is 18.0 Å². The van der Waals surface area contributed by atoms with E-state index in [4.69, 9.17) is 0 Å². The van der Waals surface area contributed by atoms with Crippen molar-refractivity contribution in [2.75, 3.05) is 23.3 Å². The largest absolute Gasteiger partial charge is 0.416 e. The molecule has 0 spiro atoms. The summed E-state index contributed by atoms with van der Waals surface area (Å²) in [7, 11) is 0. The Kier molecular flexibility index (Phi) is 6.48. The number of anilines is 3. The normalized spacial score (nSPS) is 16.6. The van der Waals surface area contributed by atoms with Crippen LogP contribution in [0.4, 0.5) is 30.6 Å². The Morgan fingerprint density at radius 2 is 2.03 bits per heavy atom. The number of hydrogen-bond acceptors (Lipinski definition) is 5. The van der Waals surface area contributed by atoms with Gasteiger partial charge in [0.1, 0.15) is 5.82 Å². The van der Waals surface area contributed by atoms with Gasteiger partial charge in [-0.3, -0.25) is 4.79 Å². The van der Waals surface area contributed by atoms with Crippen LogP contribution in [0.1, 0.15) is 43.5 Å². The summed E-state index contributed by atoms with van der Waals surface area (Å²) < 4.78 is 39.7. The van der Waals surface area contributed by atoms with E-state index in [1.807, 2.05) is 13.0 Å². The Labute approximate surface area is 173 Å². The van der Waals surface area contributed by atoms with Crippen LogP contribution in [-0.2, 0) is 17.4 Å². The Hall–Kier alpha value is -2.84. The monoisotopic (exact) mass is 421 g/mol. The van der Waals surface area contributed by atoms with Gasteiger partial charge in [0, 0.05) is 43.5 Å². The zero-order valence-corrected chi connectivity index (χ0v) is 17.3. The predicted molar refractivity (Wildman–Crippen MR) is 110 cm³/mol. The molecule has 0 bridgehead atoms. The zero-order valence-electron chi connectivity index (χ0n) is 17.3. The number of rotatable bonds is 6. The van der Waals surface area contributed by atoms with Crippen LogP contribution in [0.25, 0.3) is 0 Å². The molecule has 1 amide bonds. The molecule has 1 aromatic heterocycles. The Morgan fingerprint density at radius 1 is 1.27 bits per heavy atom. The maximum atomic E-state index is 13.2. The highest BCUT2D eigenvalue weighted by Crippen LogP contribution is 2.34. The van der Waals surface area contributed by atoms with Crippen molar-refractivity contribution in [3.8, 4) is 0 Å². The van der Waals surface area contributed by atoms with Crippen molar-refractivity contribution in [1.82, 2.24) is 15.3 Å². The van der Waals surface area contributed by atoms with E-state index in [-0.39, 0.29) is 29.1 Å². The molecular weight excluding hydrogens is 395 g/mol. The molecule has 2 heterocycles. The van der Waals surface area contributed by atoms with Crippen molar-refractivity contribution in [3.63, 3.8) is 0 Å². The predicted octanol–water partition coefficient (Wildman–Crippen LogP) is 4.21. The second kappa shape index (κ2) is 8.89. The number of carbonyl (C=O) groups excluding carboxylic acids is 1. The van der Waals surface area contributed by atoms with E-state index in [9.17, 15) is 18.0 Å². The first-order valence-electron chi connectivity index (χ1n) is 10.0. The Morgan fingerprint density at radius 3 is 2.70 bits per heavy atom. The standard InChI is InChI=1S/C21H26F3N5O/c1-4-5-15-11-19(29-9-8-17(12-29)25-14(3)30)28-20(26-15)27-16-7-6-13(2)18(10-16)21(22,23)24/h6-7,10-11,17H,4-5,8-9,12H2,1-3H3,(H,25,30)(H,26,27,28)/t17-/m0/s1. The van der Waals surface area contributed by atoms with E-state index >= 15 is 0 Å². The van der Waals surface area contributed by atoms with Crippen LogP contribution in [-0.4, -0.2) is 35.0 Å². The van der Waals surface area contributed by atoms with Gasteiger partial charge in [-0.15, -0.1) is 0 Å².